The molecular formula is C10H12N4. The van der Waals surface area contributed by atoms with Crippen molar-refractivity contribution in [3.63, 3.8) is 0 Å². The van der Waals surface area contributed by atoms with Crippen LogP contribution in [0.5, 0.6) is 0 Å². The lowest BCUT2D eigenvalue weighted by molar-refractivity contribution is 0.969. The van der Waals surface area contributed by atoms with Crippen LogP contribution < -0.4 is 11.5 Å². The van der Waals surface area contributed by atoms with E-state index < -0.39 is 0 Å². The summed E-state index contributed by atoms with van der Waals surface area (Å²) in [6, 6.07) is 7.89. The zero-order valence-corrected chi connectivity index (χ0v) is 7.94. The molecule has 0 aliphatic carbocycles. The van der Waals surface area contributed by atoms with Gasteiger partial charge >= 0.3 is 0 Å². The van der Waals surface area contributed by atoms with Crippen molar-refractivity contribution in [3.05, 3.63) is 30.5 Å². The molecule has 0 saturated heterocycles. The van der Waals surface area contributed by atoms with Gasteiger partial charge in [-0.1, -0.05) is 6.07 Å². The molecule has 0 radical (unpaired) electrons. The predicted octanol–water partition coefficient (Wildman–Crippen LogP) is 1.08. The fraction of sp³-hybridized carbons (Fsp3) is 0.100. The lowest BCUT2D eigenvalue weighted by Gasteiger charge is -1.98. The zero-order chi connectivity index (χ0) is 10.1. The summed E-state index contributed by atoms with van der Waals surface area (Å²) in [5, 5.41) is 1.18. The number of hydrogen-bond donors (Lipinski definition) is 2. The van der Waals surface area contributed by atoms with Crippen LogP contribution in [-0.2, 0) is 7.05 Å². The van der Waals surface area contributed by atoms with E-state index in [2.05, 4.69) is 11.1 Å². The van der Waals surface area contributed by atoms with Crippen molar-refractivity contribution >= 4 is 22.5 Å². The minimum Gasteiger partial charge on any atom is -0.370 e. The smallest absolute Gasteiger partial charge is 0.191 e. The van der Waals surface area contributed by atoms with E-state index in [9.17, 15) is 0 Å². The molecule has 1 heterocycles. The highest BCUT2D eigenvalue weighted by molar-refractivity contribution is 5.85. The maximum atomic E-state index is 5.30. The van der Waals surface area contributed by atoms with Crippen molar-refractivity contribution in [2.45, 2.75) is 0 Å². The van der Waals surface area contributed by atoms with Crippen molar-refractivity contribution in [2.75, 3.05) is 0 Å². The standard InChI is InChI=1S/C10H12N4/c1-14-5-4-7-2-3-8(6-9(7)14)13-10(11)12/h2-6H,1H3,(H4,11,12,13). The van der Waals surface area contributed by atoms with Crippen LogP contribution in [0, 0.1) is 0 Å². The summed E-state index contributed by atoms with van der Waals surface area (Å²) in [5.41, 5.74) is 12.5. The fourth-order valence-corrected chi connectivity index (χ4v) is 1.47. The van der Waals surface area contributed by atoms with Crippen molar-refractivity contribution in [3.8, 4) is 0 Å². The molecule has 14 heavy (non-hydrogen) atoms. The highest BCUT2D eigenvalue weighted by atomic mass is 15.0. The molecule has 0 atom stereocenters. The molecule has 72 valence electrons. The maximum Gasteiger partial charge on any atom is 0.191 e. The summed E-state index contributed by atoms with van der Waals surface area (Å²) < 4.78 is 2.03. The first-order valence-electron chi connectivity index (χ1n) is 4.31. The zero-order valence-electron chi connectivity index (χ0n) is 7.94. The van der Waals surface area contributed by atoms with Crippen LogP contribution in [0.4, 0.5) is 5.69 Å². The van der Waals surface area contributed by atoms with Gasteiger partial charge in [0.1, 0.15) is 0 Å². The highest BCUT2D eigenvalue weighted by Crippen LogP contribution is 2.21. The number of nitrogens with zero attached hydrogens (tertiary/aromatic N) is 2. The molecule has 0 spiro atoms. The molecular weight excluding hydrogens is 176 g/mol. The van der Waals surface area contributed by atoms with E-state index >= 15 is 0 Å². The quantitative estimate of drug-likeness (QED) is 0.519. The summed E-state index contributed by atoms with van der Waals surface area (Å²) >= 11 is 0. The van der Waals surface area contributed by atoms with Crippen LogP contribution in [-0.4, -0.2) is 10.5 Å². The van der Waals surface area contributed by atoms with Gasteiger partial charge in [0.25, 0.3) is 0 Å². The Morgan fingerprint density at radius 1 is 1.29 bits per heavy atom. The lowest BCUT2D eigenvalue weighted by Crippen LogP contribution is -2.21. The predicted molar refractivity (Wildman–Crippen MR) is 58.4 cm³/mol. The van der Waals surface area contributed by atoms with Gasteiger partial charge in [-0.15, -0.1) is 0 Å². The number of benzene rings is 1. The third kappa shape index (κ3) is 1.42. The Morgan fingerprint density at radius 3 is 2.79 bits per heavy atom. The number of aryl methyl sites for hydroxylation is 1. The molecule has 0 amide bonds. The minimum atomic E-state index is 0.0820. The van der Waals surface area contributed by atoms with Gasteiger partial charge in [0.15, 0.2) is 5.96 Å². The number of rotatable bonds is 1. The summed E-state index contributed by atoms with van der Waals surface area (Å²) in [5.74, 6) is 0.0820. The van der Waals surface area contributed by atoms with Crippen molar-refractivity contribution in [2.24, 2.45) is 23.5 Å². The summed E-state index contributed by atoms with van der Waals surface area (Å²) in [6.07, 6.45) is 2.00. The first-order valence-corrected chi connectivity index (χ1v) is 4.31. The van der Waals surface area contributed by atoms with Crippen molar-refractivity contribution < 1.29 is 0 Å². The number of guanidine groups is 1. The monoisotopic (exact) mass is 188 g/mol. The number of hydrogen-bond acceptors (Lipinski definition) is 1. The summed E-state index contributed by atoms with van der Waals surface area (Å²) in [7, 11) is 1.99. The maximum absolute atomic E-state index is 5.30. The van der Waals surface area contributed by atoms with E-state index in [1.807, 2.05) is 36.0 Å². The molecule has 0 unspecified atom stereocenters. The average Bonchev–Trinajstić information content (AvgIpc) is 2.47. The third-order valence-corrected chi connectivity index (χ3v) is 2.13. The number of aromatic nitrogens is 1. The van der Waals surface area contributed by atoms with Gasteiger partial charge in [-0.2, -0.15) is 0 Å². The molecule has 4 heteroatoms. The molecule has 0 bridgehead atoms. The first-order chi connectivity index (χ1) is 6.66. The van der Waals surface area contributed by atoms with E-state index in [0.717, 1.165) is 11.2 Å². The second kappa shape index (κ2) is 3.06. The molecule has 4 N–H and O–H groups in total. The van der Waals surface area contributed by atoms with Gasteiger partial charge in [0, 0.05) is 18.8 Å². The number of fused-ring (bicyclic) bond motifs is 1. The minimum absolute atomic E-state index is 0.0820. The van der Waals surface area contributed by atoms with Gasteiger partial charge < -0.3 is 16.0 Å². The van der Waals surface area contributed by atoms with Crippen molar-refractivity contribution in [1.29, 1.82) is 0 Å². The first kappa shape index (κ1) is 8.62. The molecule has 0 saturated carbocycles. The Hall–Kier alpha value is -1.97. The van der Waals surface area contributed by atoms with E-state index in [-0.39, 0.29) is 5.96 Å². The molecule has 0 aliphatic heterocycles. The van der Waals surface area contributed by atoms with Crippen LogP contribution in [0.3, 0.4) is 0 Å². The molecule has 2 rings (SSSR count). The van der Waals surface area contributed by atoms with Crippen LogP contribution in [0.2, 0.25) is 0 Å². The normalized spacial score (nSPS) is 10.4. The van der Waals surface area contributed by atoms with Gasteiger partial charge in [0.05, 0.1) is 5.69 Å². The third-order valence-electron chi connectivity index (χ3n) is 2.13. The Labute approximate surface area is 81.8 Å². The molecule has 2 aromatic rings. The molecule has 0 aliphatic rings. The Kier molecular flexibility index (Phi) is 1.89. The Bertz CT molecular complexity index is 492. The SMILES string of the molecule is Cn1ccc2ccc(N=C(N)N)cc21. The topological polar surface area (TPSA) is 69.3 Å². The van der Waals surface area contributed by atoms with E-state index in [1.165, 1.54) is 5.39 Å². The number of nitrogens with two attached hydrogens (primary N) is 2. The fourth-order valence-electron chi connectivity index (χ4n) is 1.47. The summed E-state index contributed by atoms with van der Waals surface area (Å²) in [6.45, 7) is 0. The van der Waals surface area contributed by atoms with E-state index in [1.54, 1.807) is 0 Å². The molecule has 0 fully saturated rings. The molecule has 1 aromatic heterocycles. The van der Waals surface area contributed by atoms with E-state index in [0.29, 0.717) is 0 Å². The second-order valence-electron chi connectivity index (χ2n) is 3.21. The summed E-state index contributed by atoms with van der Waals surface area (Å²) in [4.78, 5) is 3.99. The van der Waals surface area contributed by atoms with Gasteiger partial charge in [0.2, 0.25) is 0 Å². The van der Waals surface area contributed by atoms with Gasteiger partial charge in [-0.05, 0) is 23.6 Å². The highest BCUT2D eigenvalue weighted by Gasteiger charge is 1.98. The second-order valence-corrected chi connectivity index (χ2v) is 3.21. The average molecular weight is 188 g/mol. The number of aliphatic imine (C=N–C) groups is 1. The Balaban J connectivity index is 2.60. The van der Waals surface area contributed by atoms with Crippen LogP contribution in [0.25, 0.3) is 10.9 Å². The van der Waals surface area contributed by atoms with Crippen LogP contribution in [0.1, 0.15) is 0 Å². The van der Waals surface area contributed by atoms with Crippen LogP contribution >= 0.6 is 0 Å². The van der Waals surface area contributed by atoms with Gasteiger partial charge in [-0.3, -0.25) is 0 Å². The largest absolute Gasteiger partial charge is 0.370 e. The van der Waals surface area contributed by atoms with Crippen molar-refractivity contribution in [1.82, 2.24) is 4.57 Å². The molecule has 4 nitrogen and oxygen atoms in total. The Morgan fingerprint density at radius 2 is 2.07 bits per heavy atom. The van der Waals surface area contributed by atoms with Crippen LogP contribution in [0.15, 0.2) is 35.5 Å². The lowest BCUT2D eigenvalue weighted by atomic mass is 10.2. The van der Waals surface area contributed by atoms with E-state index in [4.69, 9.17) is 11.5 Å². The van der Waals surface area contributed by atoms with Gasteiger partial charge in [-0.25, -0.2) is 4.99 Å². The molecule has 1 aromatic carbocycles.